The molecule has 2 rings (SSSR count). The highest BCUT2D eigenvalue weighted by atomic mass is 79.9. The van der Waals surface area contributed by atoms with Gasteiger partial charge in [-0.25, -0.2) is 0 Å². The van der Waals surface area contributed by atoms with E-state index in [4.69, 9.17) is 0 Å². The van der Waals surface area contributed by atoms with E-state index in [2.05, 4.69) is 26.1 Å². The molecule has 0 saturated heterocycles. The summed E-state index contributed by atoms with van der Waals surface area (Å²) in [6.45, 7) is 1.83. The Kier molecular flexibility index (Phi) is 4.76. The number of nitrogens with zero attached hydrogens (tertiary/aromatic N) is 3. The minimum Gasteiger partial charge on any atom is -0.320 e. The van der Waals surface area contributed by atoms with Crippen LogP contribution in [0.25, 0.3) is 0 Å². The van der Waals surface area contributed by atoms with Crippen molar-refractivity contribution in [2.75, 3.05) is 0 Å². The maximum absolute atomic E-state index is 11.8. The van der Waals surface area contributed by atoms with Gasteiger partial charge in [-0.05, 0) is 19.1 Å². The van der Waals surface area contributed by atoms with E-state index in [0.717, 1.165) is 22.0 Å². The molecule has 0 bridgehead atoms. The number of aryl methyl sites for hydroxylation is 1. The molecule has 0 saturated carbocycles. The number of carbonyl (C=O) groups excluding carboxylic acids is 1. The van der Waals surface area contributed by atoms with Crippen molar-refractivity contribution in [1.82, 2.24) is 14.8 Å². The normalized spacial score (nSPS) is 12.4. The van der Waals surface area contributed by atoms with Crippen molar-refractivity contribution >= 4 is 33.5 Å². The zero-order chi connectivity index (χ0) is 13.8. The number of alkyl halides is 1. The third-order valence-corrected chi connectivity index (χ3v) is 4.10. The number of Topliss-reactive ketones (excluding diaryl/α,β-unsaturated/α-hetero) is 1. The van der Waals surface area contributed by atoms with E-state index < -0.39 is 0 Å². The van der Waals surface area contributed by atoms with Crippen LogP contribution < -0.4 is 0 Å². The minimum absolute atomic E-state index is 0.102. The van der Waals surface area contributed by atoms with E-state index in [-0.39, 0.29) is 10.6 Å². The quantitative estimate of drug-likeness (QED) is 0.477. The highest BCUT2D eigenvalue weighted by Crippen LogP contribution is 2.22. The second kappa shape index (κ2) is 6.34. The Balaban J connectivity index is 1.99. The molecular formula is C13H14BrN3OS. The Labute approximate surface area is 124 Å². The molecule has 1 aromatic carbocycles. The second-order valence-corrected chi connectivity index (χ2v) is 6.57. The van der Waals surface area contributed by atoms with Crippen LogP contribution in [0.4, 0.5) is 0 Å². The van der Waals surface area contributed by atoms with E-state index in [9.17, 15) is 4.79 Å². The fraction of sp³-hybridized carbons (Fsp3) is 0.308. The molecule has 0 aliphatic carbocycles. The van der Waals surface area contributed by atoms with Crippen LogP contribution in [0.3, 0.4) is 0 Å². The lowest BCUT2D eigenvalue weighted by Crippen LogP contribution is -2.09. The molecular weight excluding hydrogens is 326 g/mol. The molecule has 0 amide bonds. The molecule has 100 valence electrons. The summed E-state index contributed by atoms with van der Waals surface area (Å²) < 4.78 is 1.90. The van der Waals surface area contributed by atoms with E-state index in [0.29, 0.717) is 0 Å². The van der Waals surface area contributed by atoms with Crippen molar-refractivity contribution in [2.45, 2.75) is 22.4 Å². The van der Waals surface area contributed by atoms with Crippen LogP contribution in [0.5, 0.6) is 0 Å². The number of ketones is 1. The summed E-state index contributed by atoms with van der Waals surface area (Å²) in [6, 6.07) is 7.64. The zero-order valence-corrected chi connectivity index (χ0v) is 13.1. The highest BCUT2D eigenvalue weighted by molar-refractivity contribution is 9.10. The molecule has 2 aromatic rings. The molecule has 0 N–H and O–H groups in total. The van der Waals surface area contributed by atoms with Gasteiger partial charge in [-0.2, -0.15) is 0 Å². The number of rotatable bonds is 5. The van der Waals surface area contributed by atoms with Gasteiger partial charge in [-0.15, -0.1) is 22.0 Å². The lowest BCUT2D eigenvalue weighted by Gasteiger charge is -2.05. The van der Waals surface area contributed by atoms with Gasteiger partial charge in [-0.1, -0.05) is 28.1 Å². The van der Waals surface area contributed by atoms with Crippen molar-refractivity contribution in [3.63, 3.8) is 0 Å². The number of hydrogen-bond donors (Lipinski definition) is 0. The molecule has 19 heavy (non-hydrogen) atoms. The third-order valence-electron chi connectivity index (χ3n) is 2.67. The van der Waals surface area contributed by atoms with Gasteiger partial charge in [0.05, 0.1) is 10.6 Å². The average molecular weight is 340 g/mol. The maximum atomic E-state index is 11.8. The fourth-order valence-electron chi connectivity index (χ4n) is 1.53. The lowest BCUT2D eigenvalue weighted by molar-refractivity contribution is 0.0996. The van der Waals surface area contributed by atoms with E-state index in [1.54, 1.807) is 18.1 Å². The summed E-state index contributed by atoms with van der Waals surface area (Å²) >= 11 is 4.96. The first-order chi connectivity index (χ1) is 9.08. The maximum Gasteiger partial charge on any atom is 0.176 e. The number of aromatic nitrogens is 3. The van der Waals surface area contributed by atoms with Crippen LogP contribution in [0, 0.1) is 0 Å². The smallest absolute Gasteiger partial charge is 0.176 e. The number of hydrogen-bond acceptors (Lipinski definition) is 4. The molecule has 0 fully saturated rings. The van der Waals surface area contributed by atoms with Crippen LogP contribution in [-0.4, -0.2) is 25.4 Å². The largest absolute Gasteiger partial charge is 0.320 e. The van der Waals surface area contributed by atoms with E-state index in [1.165, 1.54) is 0 Å². The van der Waals surface area contributed by atoms with Gasteiger partial charge in [0.2, 0.25) is 0 Å². The Hall–Kier alpha value is -1.14. The molecule has 4 nitrogen and oxygen atoms in total. The van der Waals surface area contributed by atoms with Gasteiger partial charge >= 0.3 is 0 Å². The standard InChI is InChI=1S/C13H14BrN3OS/c1-9(14)13(18)10-3-5-11(6-4-10)19-7-12-16-15-8-17(12)2/h3-6,8-9H,7H2,1-2H3. The summed E-state index contributed by atoms with van der Waals surface area (Å²) in [5.74, 6) is 1.79. The van der Waals surface area contributed by atoms with Gasteiger partial charge < -0.3 is 4.57 Å². The van der Waals surface area contributed by atoms with Crippen LogP contribution in [0.1, 0.15) is 23.1 Å². The lowest BCUT2D eigenvalue weighted by atomic mass is 10.1. The summed E-state index contributed by atoms with van der Waals surface area (Å²) in [6.07, 6.45) is 1.69. The summed E-state index contributed by atoms with van der Waals surface area (Å²) in [4.78, 5) is 12.7. The van der Waals surface area contributed by atoms with Gasteiger partial charge in [0.1, 0.15) is 12.2 Å². The molecule has 6 heteroatoms. The second-order valence-electron chi connectivity index (χ2n) is 4.15. The third kappa shape index (κ3) is 3.67. The monoisotopic (exact) mass is 339 g/mol. The molecule has 1 atom stereocenters. The zero-order valence-electron chi connectivity index (χ0n) is 10.7. The summed E-state index contributed by atoms with van der Waals surface area (Å²) in [7, 11) is 1.93. The number of benzene rings is 1. The molecule has 1 heterocycles. The first-order valence-corrected chi connectivity index (χ1v) is 7.72. The Morgan fingerprint density at radius 3 is 2.63 bits per heavy atom. The summed E-state index contributed by atoms with van der Waals surface area (Å²) in [5, 5.41) is 7.87. The Bertz CT molecular complexity index is 566. The highest BCUT2D eigenvalue weighted by Gasteiger charge is 2.11. The van der Waals surface area contributed by atoms with Crippen molar-refractivity contribution in [1.29, 1.82) is 0 Å². The van der Waals surface area contributed by atoms with Crippen LogP contribution >= 0.6 is 27.7 Å². The molecule has 0 aliphatic heterocycles. The van der Waals surface area contributed by atoms with Crippen LogP contribution in [-0.2, 0) is 12.8 Å². The Morgan fingerprint density at radius 1 is 1.42 bits per heavy atom. The molecule has 1 aromatic heterocycles. The molecule has 1 unspecified atom stereocenters. The first-order valence-electron chi connectivity index (χ1n) is 5.82. The SMILES string of the molecule is CC(Br)C(=O)c1ccc(SCc2nncn2C)cc1. The Morgan fingerprint density at radius 2 is 2.11 bits per heavy atom. The van der Waals surface area contributed by atoms with Crippen molar-refractivity contribution in [2.24, 2.45) is 7.05 Å². The first kappa shape index (κ1) is 14.3. The van der Waals surface area contributed by atoms with E-state index >= 15 is 0 Å². The molecule has 0 radical (unpaired) electrons. The number of halogens is 1. The van der Waals surface area contributed by atoms with Crippen molar-refractivity contribution < 1.29 is 4.79 Å². The van der Waals surface area contributed by atoms with Gasteiger partial charge in [0, 0.05) is 17.5 Å². The average Bonchev–Trinajstić information content (AvgIpc) is 2.81. The van der Waals surface area contributed by atoms with Crippen molar-refractivity contribution in [3.8, 4) is 0 Å². The van der Waals surface area contributed by atoms with Gasteiger partial charge in [-0.3, -0.25) is 4.79 Å². The number of thioether (sulfide) groups is 1. The van der Waals surface area contributed by atoms with Crippen molar-refractivity contribution in [3.05, 3.63) is 42.0 Å². The fourth-order valence-corrected chi connectivity index (χ4v) is 2.68. The molecule has 0 spiro atoms. The van der Waals surface area contributed by atoms with Crippen LogP contribution in [0.15, 0.2) is 35.5 Å². The van der Waals surface area contributed by atoms with Gasteiger partial charge in [0.15, 0.2) is 5.78 Å². The van der Waals surface area contributed by atoms with Crippen LogP contribution in [0.2, 0.25) is 0 Å². The van der Waals surface area contributed by atoms with Gasteiger partial charge in [0.25, 0.3) is 0 Å². The minimum atomic E-state index is -0.148. The predicted octanol–water partition coefficient (Wildman–Crippen LogP) is 3.07. The topological polar surface area (TPSA) is 47.8 Å². The predicted molar refractivity (Wildman–Crippen MR) is 79.7 cm³/mol. The van der Waals surface area contributed by atoms with E-state index in [1.807, 2.05) is 42.8 Å². The summed E-state index contributed by atoms with van der Waals surface area (Å²) in [5.41, 5.74) is 0.729. The number of carbonyl (C=O) groups is 1. The molecule has 0 aliphatic rings.